The number of Topliss-reactive ketones (excluding diaryl/α,β-unsaturated/α-hetero) is 1. The monoisotopic (exact) mass is 482 g/mol. The molecule has 0 unspecified atom stereocenters. The number of nitrogens with zero attached hydrogens (tertiary/aromatic N) is 2. The second kappa shape index (κ2) is 11.0. The summed E-state index contributed by atoms with van der Waals surface area (Å²) in [6.07, 6.45) is 7.00. The normalized spacial score (nSPS) is 19.5. The van der Waals surface area contributed by atoms with Gasteiger partial charge in [0.15, 0.2) is 17.4 Å². The van der Waals surface area contributed by atoms with Crippen molar-refractivity contribution in [2.24, 2.45) is 0 Å². The maximum atomic E-state index is 13.7. The number of amides is 1. The highest BCUT2D eigenvalue weighted by molar-refractivity contribution is 6.15. The van der Waals surface area contributed by atoms with Gasteiger partial charge in [-0.3, -0.25) is 9.59 Å². The Labute approximate surface area is 203 Å². The smallest absolute Gasteiger partial charge is 0.224 e. The predicted molar refractivity (Wildman–Crippen MR) is 130 cm³/mol. The molecule has 0 bridgehead atoms. The number of carbonyl (C=O) groups excluding carboxylic acids is 2. The molecule has 2 aromatic carbocycles. The molecule has 7 heteroatoms. The number of hydrogen-bond donors (Lipinski definition) is 0. The van der Waals surface area contributed by atoms with E-state index in [1.54, 1.807) is 30.0 Å². The summed E-state index contributed by atoms with van der Waals surface area (Å²) >= 11 is 0. The molecule has 2 aromatic rings. The highest BCUT2D eigenvalue weighted by Crippen LogP contribution is 2.24. The Kier molecular flexibility index (Phi) is 7.86. The van der Waals surface area contributed by atoms with Gasteiger partial charge in [0.05, 0.1) is 0 Å². The maximum absolute atomic E-state index is 13.7. The van der Waals surface area contributed by atoms with Gasteiger partial charge in [-0.25, -0.2) is 13.2 Å². The summed E-state index contributed by atoms with van der Waals surface area (Å²) in [6, 6.07) is 8.00. The van der Waals surface area contributed by atoms with E-state index in [0.717, 1.165) is 38.1 Å². The number of aryl methyl sites for hydroxylation is 1. The van der Waals surface area contributed by atoms with Crippen molar-refractivity contribution in [2.45, 2.75) is 32.6 Å². The van der Waals surface area contributed by atoms with Gasteiger partial charge in [-0.15, -0.1) is 0 Å². The van der Waals surface area contributed by atoms with E-state index < -0.39 is 11.6 Å². The number of benzene rings is 2. The SMILES string of the molecule is Cc1cc(/C=C2\CN(C(=O)CCN3CCCCC3)C/C(=C\c3ccc(F)c(F)c3)C2=O)ccc1F. The average Bonchev–Trinajstić information content (AvgIpc) is 2.85. The first kappa shape index (κ1) is 24.9. The minimum atomic E-state index is -1.00. The van der Waals surface area contributed by atoms with Crippen LogP contribution in [0.1, 0.15) is 42.4 Å². The van der Waals surface area contributed by atoms with Crippen molar-refractivity contribution in [3.05, 3.63) is 81.7 Å². The number of carbonyl (C=O) groups is 2. The molecule has 0 aliphatic carbocycles. The van der Waals surface area contributed by atoms with Gasteiger partial charge in [-0.05, 0) is 86.0 Å². The van der Waals surface area contributed by atoms with Gasteiger partial charge in [-0.2, -0.15) is 0 Å². The summed E-state index contributed by atoms with van der Waals surface area (Å²) in [6.45, 7) is 4.52. The van der Waals surface area contributed by atoms with Gasteiger partial charge in [-0.1, -0.05) is 18.6 Å². The zero-order valence-corrected chi connectivity index (χ0v) is 19.8. The Hall–Kier alpha value is -3.19. The highest BCUT2D eigenvalue weighted by atomic mass is 19.2. The van der Waals surface area contributed by atoms with E-state index in [9.17, 15) is 22.8 Å². The first-order chi connectivity index (χ1) is 16.8. The van der Waals surface area contributed by atoms with Crippen molar-refractivity contribution in [3.8, 4) is 0 Å². The van der Waals surface area contributed by atoms with Gasteiger partial charge in [0.1, 0.15) is 5.82 Å². The summed E-state index contributed by atoms with van der Waals surface area (Å²) in [5, 5.41) is 0. The maximum Gasteiger partial charge on any atom is 0.224 e. The third-order valence-corrected chi connectivity index (χ3v) is 6.56. The topological polar surface area (TPSA) is 40.6 Å². The summed E-state index contributed by atoms with van der Waals surface area (Å²) in [5.74, 6) is -2.65. The van der Waals surface area contributed by atoms with E-state index in [0.29, 0.717) is 40.8 Å². The standard InChI is InChI=1S/C28H29F3N2O2/c1-19-13-20(5-7-24(19)29)14-22-17-33(27(34)9-12-32-10-3-2-4-11-32)18-23(28(22)35)15-21-6-8-25(30)26(31)16-21/h5-8,13-16H,2-4,9-12,17-18H2,1H3/b22-14+,23-15+. The molecule has 4 rings (SSSR count). The second-order valence-electron chi connectivity index (χ2n) is 9.25. The third-order valence-electron chi connectivity index (χ3n) is 6.56. The summed E-state index contributed by atoms with van der Waals surface area (Å²) < 4.78 is 40.8. The van der Waals surface area contributed by atoms with Crippen LogP contribution < -0.4 is 0 Å². The Balaban J connectivity index is 1.60. The van der Waals surface area contributed by atoms with Crippen LogP contribution in [0.2, 0.25) is 0 Å². The largest absolute Gasteiger partial charge is 0.334 e. The lowest BCUT2D eigenvalue weighted by Crippen LogP contribution is -2.43. The van der Waals surface area contributed by atoms with Crippen LogP contribution in [0.4, 0.5) is 13.2 Å². The van der Waals surface area contributed by atoms with E-state index in [4.69, 9.17) is 0 Å². The first-order valence-electron chi connectivity index (χ1n) is 12.0. The van der Waals surface area contributed by atoms with Crippen LogP contribution >= 0.6 is 0 Å². The molecule has 2 aliphatic heterocycles. The number of piperidine rings is 2. The van der Waals surface area contributed by atoms with Crippen molar-refractivity contribution in [1.82, 2.24) is 9.80 Å². The highest BCUT2D eigenvalue weighted by Gasteiger charge is 2.29. The molecule has 0 N–H and O–H groups in total. The van der Waals surface area contributed by atoms with E-state index >= 15 is 0 Å². The van der Waals surface area contributed by atoms with Crippen molar-refractivity contribution in [3.63, 3.8) is 0 Å². The van der Waals surface area contributed by atoms with Gasteiger partial charge >= 0.3 is 0 Å². The Morgan fingerprint density at radius 1 is 0.857 bits per heavy atom. The fourth-order valence-electron chi connectivity index (χ4n) is 4.57. The van der Waals surface area contributed by atoms with Crippen molar-refractivity contribution < 1.29 is 22.8 Å². The van der Waals surface area contributed by atoms with Crippen LogP contribution in [-0.4, -0.2) is 54.2 Å². The molecule has 0 radical (unpaired) electrons. The van der Waals surface area contributed by atoms with Crippen molar-refractivity contribution in [2.75, 3.05) is 32.7 Å². The number of rotatable bonds is 5. The van der Waals surface area contributed by atoms with Gasteiger partial charge in [0.2, 0.25) is 5.91 Å². The molecule has 2 fully saturated rings. The summed E-state index contributed by atoms with van der Waals surface area (Å²) in [7, 11) is 0. The van der Waals surface area contributed by atoms with Crippen LogP contribution in [-0.2, 0) is 9.59 Å². The predicted octanol–water partition coefficient (Wildman–Crippen LogP) is 5.17. The number of hydrogen-bond acceptors (Lipinski definition) is 3. The van der Waals surface area contributed by atoms with Gasteiger partial charge in [0, 0.05) is 37.2 Å². The fraction of sp³-hybridized carbons (Fsp3) is 0.357. The molecule has 0 spiro atoms. The average molecular weight is 483 g/mol. The molecule has 2 aliphatic rings. The molecule has 0 aromatic heterocycles. The molecule has 184 valence electrons. The van der Waals surface area contributed by atoms with Crippen LogP contribution in [0.3, 0.4) is 0 Å². The zero-order chi connectivity index (χ0) is 24.9. The molecule has 2 saturated heterocycles. The number of halogens is 3. The summed E-state index contributed by atoms with van der Waals surface area (Å²) in [4.78, 5) is 30.3. The molecular formula is C28H29F3N2O2. The lowest BCUT2D eigenvalue weighted by molar-refractivity contribution is -0.131. The molecule has 35 heavy (non-hydrogen) atoms. The molecule has 4 nitrogen and oxygen atoms in total. The lowest BCUT2D eigenvalue weighted by Gasteiger charge is -2.31. The van der Waals surface area contributed by atoms with Crippen molar-refractivity contribution in [1.29, 1.82) is 0 Å². The zero-order valence-electron chi connectivity index (χ0n) is 19.8. The molecular weight excluding hydrogens is 453 g/mol. The van der Waals surface area contributed by atoms with E-state index in [-0.39, 0.29) is 30.6 Å². The van der Waals surface area contributed by atoms with E-state index in [2.05, 4.69) is 4.90 Å². The van der Waals surface area contributed by atoms with E-state index in [1.807, 2.05) is 0 Å². The van der Waals surface area contributed by atoms with Crippen LogP contribution in [0.5, 0.6) is 0 Å². The van der Waals surface area contributed by atoms with Crippen molar-refractivity contribution >= 4 is 23.8 Å². The minimum Gasteiger partial charge on any atom is -0.334 e. The molecule has 1 amide bonds. The van der Waals surface area contributed by atoms with Gasteiger partial charge < -0.3 is 9.80 Å². The Bertz CT molecular complexity index is 1110. The summed E-state index contributed by atoms with van der Waals surface area (Å²) in [5.41, 5.74) is 2.16. The quantitative estimate of drug-likeness (QED) is 0.553. The number of likely N-dealkylation sites (tertiary alicyclic amines) is 2. The number of ketones is 1. The molecule has 0 atom stereocenters. The molecule has 2 heterocycles. The lowest BCUT2D eigenvalue weighted by atomic mass is 9.93. The minimum absolute atomic E-state index is 0.0690. The van der Waals surface area contributed by atoms with Crippen LogP contribution in [0.25, 0.3) is 12.2 Å². The van der Waals surface area contributed by atoms with Crippen LogP contribution in [0, 0.1) is 24.4 Å². The van der Waals surface area contributed by atoms with E-state index in [1.165, 1.54) is 24.6 Å². The molecule has 0 saturated carbocycles. The second-order valence-corrected chi connectivity index (χ2v) is 9.25. The fourth-order valence-corrected chi connectivity index (χ4v) is 4.57. The first-order valence-corrected chi connectivity index (χ1v) is 12.0. The Morgan fingerprint density at radius 2 is 1.46 bits per heavy atom. The Morgan fingerprint density at radius 3 is 2.06 bits per heavy atom. The van der Waals surface area contributed by atoms with Gasteiger partial charge in [0.25, 0.3) is 0 Å². The van der Waals surface area contributed by atoms with Crippen LogP contribution in [0.15, 0.2) is 47.5 Å². The third kappa shape index (κ3) is 6.28.